The summed E-state index contributed by atoms with van der Waals surface area (Å²) in [6.45, 7) is 2.16. The van der Waals surface area contributed by atoms with E-state index in [0.717, 1.165) is 15.3 Å². The maximum Gasteiger partial charge on any atom is 0.203 e. The molecule has 0 saturated heterocycles. The van der Waals surface area contributed by atoms with Gasteiger partial charge in [0.25, 0.3) is 0 Å². The van der Waals surface area contributed by atoms with Crippen molar-refractivity contribution in [2.75, 3.05) is 0 Å². The largest absolute Gasteiger partial charge is 0.209 e. The smallest absolute Gasteiger partial charge is 0.203 e. The third-order valence-corrected chi connectivity index (χ3v) is 4.36. The highest BCUT2D eigenvalue weighted by molar-refractivity contribution is 14.1. The van der Waals surface area contributed by atoms with Gasteiger partial charge in [0.05, 0.1) is 4.88 Å². The van der Waals surface area contributed by atoms with E-state index in [-0.39, 0.29) is 0 Å². The Morgan fingerprint density at radius 2 is 2.38 bits per heavy atom. The SMILES string of the molecule is CCc1ccsc1-c1nc(I)ns1. The molecule has 2 nitrogen and oxygen atoms in total. The van der Waals surface area contributed by atoms with E-state index in [1.165, 1.54) is 22.0 Å². The molecule has 5 heteroatoms. The van der Waals surface area contributed by atoms with E-state index in [1.807, 2.05) is 0 Å². The maximum atomic E-state index is 4.37. The highest BCUT2D eigenvalue weighted by Gasteiger charge is 2.09. The zero-order chi connectivity index (χ0) is 9.26. The van der Waals surface area contributed by atoms with Gasteiger partial charge in [-0.2, -0.15) is 4.37 Å². The molecule has 13 heavy (non-hydrogen) atoms. The van der Waals surface area contributed by atoms with Gasteiger partial charge in [-0.25, -0.2) is 4.98 Å². The van der Waals surface area contributed by atoms with Crippen LogP contribution in [0.5, 0.6) is 0 Å². The fourth-order valence-corrected chi connectivity index (χ4v) is 3.48. The van der Waals surface area contributed by atoms with Gasteiger partial charge in [-0.15, -0.1) is 11.3 Å². The maximum absolute atomic E-state index is 4.37. The van der Waals surface area contributed by atoms with Crippen LogP contribution in [0.4, 0.5) is 0 Å². The molecule has 2 aromatic heterocycles. The third-order valence-electron chi connectivity index (χ3n) is 1.72. The van der Waals surface area contributed by atoms with Crippen molar-refractivity contribution in [1.82, 2.24) is 9.36 Å². The predicted molar refractivity (Wildman–Crippen MR) is 65.3 cm³/mol. The molecule has 68 valence electrons. The van der Waals surface area contributed by atoms with E-state index in [0.29, 0.717) is 0 Å². The average molecular weight is 322 g/mol. The van der Waals surface area contributed by atoms with E-state index in [2.05, 4.69) is 50.3 Å². The molecule has 0 spiro atoms. The van der Waals surface area contributed by atoms with E-state index >= 15 is 0 Å². The zero-order valence-electron chi connectivity index (χ0n) is 6.95. The monoisotopic (exact) mass is 322 g/mol. The van der Waals surface area contributed by atoms with Gasteiger partial charge in [-0.3, -0.25) is 0 Å². The van der Waals surface area contributed by atoms with Crippen LogP contribution in [0, 0.1) is 3.83 Å². The van der Waals surface area contributed by atoms with Crippen molar-refractivity contribution >= 4 is 45.5 Å². The Morgan fingerprint density at radius 3 is 3.00 bits per heavy atom. The summed E-state index contributed by atoms with van der Waals surface area (Å²) in [6, 6.07) is 2.16. The molecule has 0 aliphatic carbocycles. The molecule has 0 unspecified atom stereocenters. The van der Waals surface area contributed by atoms with Crippen molar-refractivity contribution in [3.05, 3.63) is 20.8 Å². The van der Waals surface area contributed by atoms with Crippen molar-refractivity contribution < 1.29 is 0 Å². The van der Waals surface area contributed by atoms with E-state index in [9.17, 15) is 0 Å². The lowest BCUT2D eigenvalue weighted by atomic mass is 10.2. The lowest BCUT2D eigenvalue weighted by Crippen LogP contribution is -1.79. The zero-order valence-corrected chi connectivity index (χ0v) is 10.7. The quantitative estimate of drug-likeness (QED) is 0.792. The molecular formula is C8H7IN2S2. The minimum atomic E-state index is 0.841. The Morgan fingerprint density at radius 1 is 1.54 bits per heavy atom. The van der Waals surface area contributed by atoms with Crippen LogP contribution in [-0.2, 0) is 6.42 Å². The van der Waals surface area contributed by atoms with E-state index in [4.69, 9.17) is 0 Å². The van der Waals surface area contributed by atoms with Crippen molar-refractivity contribution in [2.45, 2.75) is 13.3 Å². The van der Waals surface area contributed by atoms with Crippen molar-refractivity contribution in [1.29, 1.82) is 0 Å². The molecule has 0 amide bonds. The molecule has 0 aliphatic rings. The molecule has 0 saturated carbocycles. The fourth-order valence-electron chi connectivity index (χ4n) is 1.10. The first-order valence-electron chi connectivity index (χ1n) is 3.87. The highest BCUT2D eigenvalue weighted by atomic mass is 127. The van der Waals surface area contributed by atoms with E-state index in [1.54, 1.807) is 11.3 Å². The summed E-state index contributed by atoms with van der Waals surface area (Å²) in [5.41, 5.74) is 1.37. The molecule has 2 aromatic rings. The number of aromatic nitrogens is 2. The van der Waals surface area contributed by atoms with Gasteiger partial charge in [0.15, 0.2) is 5.01 Å². The minimum absolute atomic E-state index is 0.841. The van der Waals surface area contributed by atoms with Gasteiger partial charge < -0.3 is 0 Å². The third kappa shape index (κ3) is 1.92. The summed E-state index contributed by atoms with van der Waals surface area (Å²) in [6.07, 6.45) is 1.06. The van der Waals surface area contributed by atoms with E-state index < -0.39 is 0 Å². The molecule has 2 heterocycles. The normalized spacial score (nSPS) is 10.6. The number of hydrogen-bond donors (Lipinski definition) is 0. The van der Waals surface area contributed by atoms with Gasteiger partial charge in [0.1, 0.15) is 0 Å². The summed E-state index contributed by atoms with van der Waals surface area (Å²) in [5, 5.41) is 3.17. The Balaban J connectivity index is 2.45. The molecule has 0 bridgehead atoms. The first-order valence-corrected chi connectivity index (χ1v) is 6.60. The molecular weight excluding hydrogens is 315 g/mol. The standard InChI is InChI=1S/C8H7IN2S2/c1-2-5-3-4-12-6(5)7-10-8(9)11-13-7/h3-4H,2H2,1H3. The summed E-state index contributed by atoms with van der Waals surface area (Å²) in [4.78, 5) is 5.65. The number of halogens is 1. The first kappa shape index (κ1) is 9.54. The van der Waals surface area contributed by atoms with Gasteiger partial charge in [-0.1, -0.05) is 6.92 Å². The van der Waals surface area contributed by atoms with Crippen LogP contribution in [0.2, 0.25) is 0 Å². The molecule has 0 atom stereocenters. The van der Waals surface area contributed by atoms with Crippen LogP contribution in [0.1, 0.15) is 12.5 Å². The molecule has 2 rings (SSSR count). The van der Waals surface area contributed by atoms with Gasteiger partial charge in [-0.05, 0) is 35.0 Å². The Bertz CT molecular complexity index is 408. The lowest BCUT2D eigenvalue weighted by molar-refractivity contribution is 1.15. The Labute approximate surface area is 98.3 Å². The van der Waals surface area contributed by atoms with Crippen LogP contribution in [0.15, 0.2) is 11.4 Å². The van der Waals surface area contributed by atoms with Crippen molar-refractivity contribution in [2.24, 2.45) is 0 Å². The van der Waals surface area contributed by atoms with Gasteiger partial charge in [0, 0.05) is 22.6 Å². The second kappa shape index (κ2) is 4.02. The number of hydrogen-bond acceptors (Lipinski definition) is 4. The van der Waals surface area contributed by atoms with Crippen molar-refractivity contribution in [3.8, 4) is 9.88 Å². The molecule has 0 N–H and O–H groups in total. The molecule has 0 aliphatic heterocycles. The Kier molecular flexibility index (Phi) is 2.95. The summed E-state index contributed by atoms with van der Waals surface area (Å²) in [7, 11) is 0. The first-order chi connectivity index (χ1) is 6.31. The highest BCUT2D eigenvalue weighted by Crippen LogP contribution is 2.31. The molecule has 0 radical (unpaired) electrons. The second-order valence-corrected chi connectivity index (χ2v) is 5.13. The number of rotatable bonds is 2. The van der Waals surface area contributed by atoms with Crippen LogP contribution in [-0.4, -0.2) is 9.36 Å². The van der Waals surface area contributed by atoms with Crippen LogP contribution >= 0.6 is 45.5 Å². The fraction of sp³-hybridized carbons (Fsp3) is 0.250. The molecule has 0 fully saturated rings. The minimum Gasteiger partial charge on any atom is -0.209 e. The van der Waals surface area contributed by atoms with Gasteiger partial charge >= 0.3 is 0 Å². The topological polar surface area (TPSA) is 25.8 Å². The van der Waals surface area contributed by atoms with Crippen LogP contribution in [0.25, 0.3) is 9.88 Å². The Hall–Kier alpha value is -0.0100. The van der Waals surface area contributed by atoms with Crippen LogP contribution in [0.3, 0.4) is 0 Å². The van der Waals surface area contributed by atoms with Crippen molar-refractivity contribution in [3.63, 3.8) is 0 Å². The summed E-state index contributed by atoms with van der Waals surface area (Å²) >= 11 is 5.37. The summed E-state index contributed by atoms with van der Waals surface area (Å²) in [5.74, 6) is 0. The number of thiophene rings is 1. The second-order valence-electron chi connectivity index (χ2n) is 2.50. The number of nitrogens with zero attached hydrogens (tertiary/aromatic N) is 2. The predicted octanol–water partition coefficient (Wildman–Crippen LogP) is 3.43. The number of aryl methyl sites for hydroxylation is 1. The van der Waals surface area contributed by atoms with Crippen LogP contribution < -0.4 is 0 Å². The summed E-state index contributed by atoms with van der Waals surface area (Å²) < 4.78 is 5.01. The average Bonchev–Trinajstić information content (AvgIpc) is 2.71. The van der Waals surface area contributed by atoms with Gasteiger partial charge in [0.2, 0.25) is 3.83 Å². The molecule has 0 aromatic carbocycles. The lowest BCUT2D eigenvalue weighted by Gasteiger charge is -1.93.